The van der Waals surface area contributed by atoms with Gasteiger partial charge in [0.15, 0.2) is 6.10 Å². The summed E-state index contributed by atoms with van der Waals surface area (Å²) >= 11 is 0. The fourth-order valence-corrected chi connectivity index (χ4v) is 4.32. The summed E-state index contributed by atoms with van der Waals surface area (Å²) in [6, 6.07) is 0. The lowest BCUT2D eigenvalue weighted by Gasteiger charge is -2.15. The normalized spacial score (nSPS) is 12.0. The third-order valence-electron chi connectivity index (χ3n) is 6.65. The van der Waals surface area contributed by atoms with Crippen LogP contribution in [0.4, 0.5) is 0 Å². The summed E-state index contributed by atoms with van der Waals surface area (Å²) in [4.78, 5) is 23.8. The number of hydrogen-bond donors (Lipinski definition) is 1. The van der Waals surface area contributed by atoms with Crippen LogP contribution in [-0.4, -0.2) is 36.4 Å². The number of esters is 2. The first-order valence-corrected chi connectivity index (χ1v) is 15.1. The zero-order chi connectivity index (χ0) is 25.8. The van der Waals surface area contributed by atoms with Crippen LogP contribution in [0.1, 0.15) is 162 Å². The van der Waals surface area contributed by atoms with Crippen LogP contribution in [0.15, 0.2) is 0 Å². The number of hydrogen-bond acceptors (Lipinski definition) is 5. The Bertz CT molecular complexity index is 466. The number of carbonyl (C=O) groups excluding carboxylic acids is 2. The predicted octanol–water partition coefficient (Wildman–Crippen LogP) is 8.45. The summed E-state index contributed by atoms with van der Waals surface area (Å²) in [5.74, 6) is -0.598. The highest BCUT2D eigenvalue weighted by molar-refractivity contribution is 5.70. The van der Waals surface area contributed by atoms with Crippen molar-refractivity contribution in [2.75, 3.05) is 13.2 Å². The molecule has 0 aromatic heterocycles. The van der Waals surface area contributed by atoms with E-state index >= 15 is 0 Å². The van der Waals surface area contributed by atoms with E-state index in [1.165, 1.54) is 96.3 Å². The second-order valence-corrected chi connectivity index (χ2v) is 10.2. The van der Waals surface area contributed by atoms with E-state index < -0.39 is 6.10 Å². The van der Waals surface area contributed by atoms with Gasteiger partial charge in [0, 0.05) is 12.8 Å². The second kappa shape index (κ2) is 27.5. The maximum absolute atomic E-state index is 12.0. The first-order chi connectivity index (χ1) is 17.1. The van der Waals surface area contributed by atoms with Gasteiger partial charge in [-0.05, 0) is 12.8 Å². The van der Waals surface area contributed by atoms with Crippen molar-refractivity contribution in [3.8, 4) is 0 Å². The molecule has 0 aliphatic rings. The van der Waals surface area contributed by atoms with Crippen molar-refractivity contribution >= 4 is 11.9 Å². The smallest absolute Gasteiger partial charge is 0.306 e. The Morgan fingerprint density at radius 1 is 0.543 bits per heavy atom. The zero-order valence-electron chi connectivity index (χ0n) is 23.3. The molecule has 0 rings (SSSR count). The summed E-state index contributed by atoms with van der Waals surface area (Å²) in [6.07, 6.45) is 26.1. The molecule has 0 saturated heterocycles. The van der Waals surface area contributed by atoms with Crippen LogP contribution in [0.25, 0.3) is 0 Å². The van der Waals surface area contributed by atoms with Crippen LogP contribution in [0, 0.1) is 0 Å². The Hall–Kier alpha value is -1.10. The molecule has 0 spiro atoms. The molecule has 0 heterocycles. The van der Waals surface area contributed by atoms with Crippen molar-refractivity contribution in [2.24, 2.45) is 0 Å². The van der Waals surface area contributed by atoms with Crippen LogP contribution >= 0.6 is 0 Å². The summed E-state index contributed by atoms with van der Waals surface area (Å²) in [6.45, 7) is 4.04. The van der Waals surface area contributed by atoms with Crippen molar-refractivity contribution in [3.63, 3.8) is 0 Å². The standard InChI is InChI=1S/C30H58O5/c1-3-5-7-9-10-11-12-13-14-15-16-17-18-19-21-23-25-30(33)35-28(26-31)27-34-29(32)24-22-20-8-6-4-2/h28,31H,3-27H2,1-2H3/t28-/m0/s1. The Labute approximate surface area is 217 Å². The molecule has 1 N–H and O–H groups in total. The van der Waals surface area contributed by atoms with Crippen molar-refractivity contribution in [1.82, 2.24) is 0 Å². The third kappa shape index (κ3) is 25.8. The SMILES string of the molecule is CCCCCCCCCCCCCCCCCCC(=O)O[C@@H](CO)COC(=O)CCCCCCC. The minimum atomic E-state index is -0.757. The minimum absolute atomic E-state index is 0.0605. The number of aliphatic hydroxyl groups excluding tert-OH is 1. The lowest BCUT2D eigenvalue weighted by Crippen LogP contribution is -2.28. The maximum atomic E-state index is 12.0. The molecule has 0 aromatic carbocycles. The average molecular weight is 499 g/mol. The Morgan fingerprint density at radius 3 is 1.26 bits per heavy atom. The lowest BCUT2D eigenvalue weighted by atomic mass is 10.0. The van der Waals surface area contributed by atoms with Gasteiger partial charge in [-0.15, -0.1) is 0 Å². The Balaban J connectivity index is 3.49. The van der Waals surface area contributed by atoms with E-state index in [1.807, 2.05) is 0 Å². The van der Waals surface area contributed by atoms with E-state index in [1.54, 1.807) is 0 Å². The highest BCUT2D eigenvalue weighted by atomic mass is 16.6. The van der Waals surface area contributed by atoms with E-state index in [2.05, 4.69) is 13.8 Å². The van der Waals surface area contributed by atoms with Gasteiger partial charge < -0.3 is 14.6 Å². The predicted molar refractivity (Wildman–Crippen MR) is 145 cm³/mol. The largest absolute Gasteiger partial charge is 0.462 e. The lowest BCUT2D eigenvalue weighted by molar-refractivity contribution is -0.161. The molecular formula is C30H58O5. The number of rotatable bonds is 27. The summed E-state index contributed by atoms with van der Waals surface area (Å²) < 4.78 is 10.4. The molecular weight excluding hydrogens is 440 g/mol. The molecule has 0 bridgehead atoms. The van der Waals surface area contributed by atoms with Crippen LogP contribution in [0.2, 0.25) is 0 Å². The first kappa shape index (κ1) is 33.9. The number of aliphatic hydroxyl groups is 1. The van der Waals surface area contributed by atoms with Crippen molar-refractivity contribution < 1.29 is 24.2 Å². The van der Waals surface area contributed by atoms with Gasteiger partial charge in [-0.1, -0.05) is 136 Å². The molecule has 35 heavy (non-hydrogen) atoms. The van der Waals surface area contributed by atoms with E-state index in [-0.39, 0.29) is 25.2 Å². The number of unbranched alkanes of at least 4 members (excludes halogenated alkanes) is 19. The molecule has 5 heteroatoms. The molecule has 0 saturated carbocycles. The van der Waals surface area contributed by atoms with Crippen molar-refractivity contribution in [2.45, 2.75) is 168 Å². The van der Waals surface area contributed by atoms with Crippen molar-refractivity contribution in [3.05, 3.63) is 0 Å². The highest BCUT2D eigenvalue weighted by Crippen LogP contribution is 2.14. The Morgan fingerprint density at radius 2 is 0.886 bits per heavy atom. The van der Waals surface area contributed by atoms with Crippen LogP contribution < -0.4 is 0 Å². The molecule has 0 aliphatic heterocycles. The van der Waals surface area contributed by atoms with E-state index in [0.29, 0.717) is 12.8 Å². The van der Waals surface area contributed by atoms with Gasteiger partial charge in [-0.3, -0.25) is 9.59 Å². The molecule has 1 atom stereocenters. The van der Waals surface area contributed by atoms with E-state index in [9.17, 15) is 14.7 Å². The van der Waals surface area contributed by atoms with Gasteiger partial charge in [0.1, 0.15) is 6.61 Å². The minimum Gasteiger partial charge on any atom is -0.462 e. The van der Waals surface area contributed by atoms with Crippen LogP contribution in [-0.2, 0) is 19.1 Å². The van der Waals surface area contributed by atoms with Crippen LogP contribution in [0.5, 0.6) is 0 Å². The fourth-order valence-electron chi connectivity index (χ4n) is 4.32. The van der Waals surface area contributed by atoms with Crippen LogP contribution in [0.3, 0.4) is 0 Å². The molecule has 0 radical (unpaired) electrons. The van der Waals surface area contributed by atoms with Gasteiger partial charge in [-0.2, -0.15) is 0 Å². The number of carbonyl (C=O) groups is 2. The summed E-state index contributed by atoms with van der Waals surface area (Å²) in [5, 5.41) is 9.40. The maximum Gasteiger partial charge on any atom is 0.306 e. The summed E-state index contributed by atoms with van der Waals surface area (Å²) in [5.41, 5.74) is 0. The molecule has 0 aromatic rings. The monoisotopic (exact) mass is 498 g/mol. The molecule has 0 fully saturated rings. The van der Waals surface area contributed by atoms with Gasteiger partial charge in [0.2, 0.25) is 0 Å². The molecule has 208 valence electrons. The number of ether oxygens (including phenoxy) is 2. The average Bonchev–Trinajstić information content (AvgIpc) is 2.86. The zero-order valence-corrected chi connectivity index (χ0v) is 23.3. The van der Waals surface area contributed by atoms with Gasteiger partial charge >= 0.3 is 11.9 Å². The third-order valence-corrected chi connectivity index (χ3v) is 6.65. The molecule has 0 aliphatic carbocycles. The quantitative estimate of drug-likeness (QED) is 0.0908. The highest BCUT2D eigenvalue weighted by Gasteiger charge is 2.16. The fraction of sp³-hybridized carbons (Fsp3) is 0.933. The van der Waals surface area contributed by atoms with Crippen molar-refractivity contribution in [1.29, 1.82) is 0 Å². The first-order valence-electron chi connectivity index (χ1n) is 15.1. The summed E-state index contributed by atoms with van der Waals surface area (Å²) in [7, 11) is 0. The Kier molecular flexibility index (Phi) is 26.6. The molecule has 5 nitrogen and oxygen atoms in total. The molecule has 0 amide bonds. The van der Waals surface area contributed by atoms with Gasteiger partial charge in [0.05, 0.1) is 6.61 Å². The van der Waals surface area contributed by atoms with E-state index in [4.69, 9.17) is 9.47 Å². The van der Waals surface area contributed by atoms with E-state index in [0.717, 1.165) is 38.5 Å². The topological polar surface area (TPSA) is 72.8 Å². The van der Waals surface area contributed by atoms with Gasteiger partial charge in [0.25, 0.3) is 0 Å². The molecule has 0 unspecified atom stereocenters. The second-order valence-electron chi connectivity index (χ2n) is 10.2. The van der Waals surface area contributed by atoms with Gasteiger partial charge in [-0.25, -0.2) is 0 Å².